The second-order valence-corrected chi connectivity index (χ2v) is 3.69. The zero-order valence-corrected chi connectivity index (χ0v) is 9.18. The summed E-state index contributed by atoms with van der Waals surface area (Å²) < 4.78 is 0. The fraction of sp³-hybridized carbons (Fsp3) is 0.417. The van der Waals surface area contributed by atoms with Crippen molar-refractivity contribution in [3.05, 3.63) is 35.4 Å². The highest BCUT2D eigenvalue weighted by molar-refractivity contribution is 6.19. The van der Waals surface area contributed by atoms with Gasteiger partial charge in [0.05, 0.1) is 0 Å². The molecule has 1 nitrogen and oxygen atoms in total. The van der Waals surface area contributed by atoms with E-state index >= 15 is 0 Å². The summed E-state index contributed by atoms with van der Waals surface area (Å²) in [5, 5.41) is 0. The van der Waals surface area contributed by atoms with Crippen molar-refractivity contribution in [1.29, 1.82) is 0 Å². The Morgan fingerprint density at radius 3 is 2.43 bits per heavy atom. The summed E-state index contributed by atoms with van der Waals surface area (Å²) in [5.41, 5.74) is 2.06. The zero-order chi connectivity index (χ0) is 10.4. The molecule has 0 amide bonds. The van der Waals surface area contributed by atoms with Gasteiger partial charge in [0.25, 0.3) is 0 Å². The molecule has 2 heteroatoms. The lowest BCUT2D eigenvalue weighted by Crippen LogP contribution is -1.99. The molecule has 0 bridgehead atoms. The van der Waals surface area contributed by atoms with E-state index in [0.717, 1.165) is 18.4 Å². The van der Waals surface area contributed by atoms with E-state index in [1.54, 1.807) is 0 Å². The molecule has 0 heterocycles. The smallest absolute Gasteiger partial charge is 0.164 e. The predicted molar refractivity (Wildman–Crippen MR) is 60.1 cm³/mol. The minimum Gasteiger partial charge on any atom is -0.294 e. The van der Waals surface area contributed by atoms with E-state index in [9.17, 15) is 4.79 Å². The van der Waals surface area contributed by atoms with Crippen LogP contribution in [-0.4, -0.2) is 11.7 Å². The highest BCUT2D eigenvalue weighted by Gasteiger charge is 2.03. The van der Waals surface area contributed by atoms with E-state index in [-0.39, 0.29) is 5.78 Å². The third-order valence-corrected chi connectivity index (χ3v) is 2.33. The van der Waals surface area contributed by atoms with Crippen molar-refractivity contribution in [3.63, 3.8) is 0 Å². The van der Waals surface area contributed by atoms with Crippen LogP contribution in [0.1, 0.15) is 35.7 Å². The van der Waals surface area contributed by atoms with Crippen LogP contribution in [0.4, 0.5) is 0 Å². The molecule has 0 radical (unpaired) electrons. The van der Waals surface area contributed by atoms with Crippen molar-refractivity contribution in [2.24, 2.45) is 0 Å². The predicted octanol–water partition coefficient (Wildman–Crippen LogP) is 3.45. The Labute approximate surface area is 90.1 Å². The van der Waals surface area contributed by atoms with Gasteiger partial charge in [0.1, 0.15) is 0 Å². The van der Waals surface area contributed by atoms with Gasteiger partial charge in [-0.3, -0.25) is 4.79 Å². The maximum atomic E-state index is 11.4. The Morgan fingerprint density at radius 1 is 1.29 bits per heavy atom. The highest BCUT2D eigenvalue weighted by atomic mass is 35.5. The highest BCUT2D eigenvalue weighted by Crippen LogP contribution is 2.09. The molecule has 14 heavy (non-hydrogen) atoms. The lowest BCUT2D eigenvalue weighted by atomic mass is 10.0. The summed E-state index contributed by atoms with van der Waals surface area (Å²) in [5.74, 6) is 0.526. The van der Waals surface area contributed by atoms with Crippen molar-refractivity contribution >= 4 is 17.4 Å². The van der Waals surface area contributed by atoms with Crippen LogP contribution in [0.5, 0.6) is 0 Å². The standard InChI is InChI=1S/C12H15ClO/c1-2-3-10-4-6-11(7-5-10)12(14)8-9-13/h4-7H,2-3,8-9H2,1H3. The number of benzene rings is 1. The Morgan fingerprint density at radius 2 is 1.93 bits per heavy atom. The van der Waals surface area contributed by atoms with Gasteiger partial charge in [-0.05, 0) is 12.0 Å². The van der Waals surface area contributed by atoms with Crippen molar-refractivity contribution in [3.8, 4) is 0 Å². The van der Waals surface area contributed by atoms with Crippen LogP contribution in [0, 0.1) is 0 Å². The van der Waals surface area contributed by atoms with E-state index in [0.29, 0.717) is 12.3 Å². The van der Waals surface area contributed by atoms with Gasteiger partial charge in [0.15, 0.2) is 5.78 Å². The lowest BCUT2D eigenvalue weighted by Gasteiger charge is -2.01. The molecule has 0 atom stereocenters. The van der Waals surface area contributed by atoms with Gasteiger partial charge >= 0.3 is 0 Å². The minimum atomic E-state index is 0.128. The van der Waals surface area contributed by atoms with Crippen molar-refractivity contribution in [1.82, 2.24) is 0 Å². The quantitative estimate of drug-likeness (QED) is 0.538. The van der Waals surface area contributed by atoms with Gasteiger partial charge in [-0.1, -0.05) is 37.6 Å². The number of carbonyl (C=O) groups is 1. The largest absolute Gasteiger partial charge is 0.294 e. The molecule has 0 aliphatic rings. The number of aryl methyl sites for hydroxylation is 1. The molecule has 0 aliphatic carbocycles. The number of hydrogen-bond acceptors (Lipinski definition) is 1. The van der Waals surface area contributed by atoms with Gasteiger partial charge in [0, 0.05) is 17.9 Å². The first kappa shape index (κ1) is 11.3. The molecule has 0 saturated heterocycles. The topological polar surface area (TPSA) is 17.1 Å². The molecule has 1 rings (SSSR count). The van der Waals surface area contributed by atoms with E-state index in [1.165, 1.54) is 5.56 Å². The number of rotatable bonds is 5. The summed E-state index contributed by atoms with van der Waals surface area (Å²) in [6, 6.07) is 7.82. The van der Waals surface area contributed by atoms with Crippen LogP contribution < -0.4 is 0 Å². The fourth-order valence-corrected chi connectivity index (χ4v) is 1.55. The molecule has 0 saturated carbocycles. The molecule has 0 fully saturated rings. The molecule has 0 unspecified atom stereocenters. The van der Waals surface area contributed by atoms with E-state index in [2.05, 4.69) is 6.92 Å². The molecular weight excluding hydrogens is 196 g/mol. The summed E-state index contributed by atoms with van der Waals surface area (Å²) in [6.45, 7) is 2.15. The monoisotopic (exact) mass is 210 g/mol. The van der Waals surface area contributed by atoms with Crippen molar-refractivity contribution in [2.75, 3.05) is 5.88 Å². The summed E-state index contributed by atoms with van der Waals surface area (Å²) in [7, 11) is 0. The van der Waals surface area contributed by atoms with Crippen LogP contribution in [0.3, 0.4) is 0 Å². The van der Waals surface area contributed by atoms with Crippen molar-refractivity contribution in [2.45, 2.75) is 26.2 Å². The SMILES string of the molecule is CCCc1ccc(C(=O)CCCl)cc1. The molecule has 76 valence electrons. The number of halogens is 1. The van der Waals surface area contributed by atoms with Crippen LogP contribution >= 0.6 is 11.6 Å². The maximum Gasteiger partial charge on any atom is 0.164 e. The average molecular weight is 211 g/mol. The summed E-state index contributed by atoms with van der Waals surface area (Å²) >= 11 is 5.51. The zero-order valence-electron chi connectivity index (χ0n) is 8.42. The van der Waals surface area contributed by atoms with Crippen LogP contribution in [0.15, 0.2) is 24.3 Å². The molecule has 1 aromatic rings. The van der Waals surface area contributed by atoms with E-state index in [1.807, 2.05) is 24.3 Å². The Bertz CT molecular complexity index is 290. The van der Waals surface area contributed by atoms with Gasteiger partial charge in [-0.15, -0.1) is 11.6 Å². The van der Waals surface area contributed by atoms with Crippen LogP contribution in [0.25, 0.3) is 0 Å². The third-order valence-electron chi connectivity index (χ3n) is 2.14. The first-order valence-corrected chi connectivity index (χ1v) is 5.49. The molecule has 0 spiro atoms. The van der Waals surface area contributed by atoms with Gasteiger partial charge < -0.3 is 0 Å². The minimum absolute atomic E-state index is 0.128. The second kappa shape index (κ2) is 5.82. The summed E-state index contributed by atoms with van der Waals surface area (Å²) in [4.78, 5) is 11.4. The van der Waals surface area contributed by atoms with Crippen molar-refractivity contribution < 1.29 is 4.79 Å². The Hall–Kier alpha value is -0.820. The molecule has 1 aromatic carbocycles. The first-order valence-electron chi connectivity index (χ1n) is 4.96. The Balaban J connectivity index is 2.67. The third kappa shape index (κ3) is 3.15. The second-order valence-electron chi connectivity index (χ2n) is 3.31. The number of Topliss-reactive ketones (excluding diaryl/α,β-unsaturated/α-hetero) is 1. The number of ketones is 1. The molecule has 0 aliphatic heterocycles. The lowest BCUT2D eigenvalue weighted by molar-refractivity contribution is 0.0989. The van der Waals surface area contributed by atoms with Crippen LogP contribution in [-0.2, 0) is 6.42 Å². The van der Waals surface area contributed by atoms with Gasteiger partial charge in [-0.25, -0.2) is 0 Å². The number of hydrogen-bond donors (Lipinski definition) is 0. The molecular formula is C12H15ClO. The molecule has 0 aromatic heterocycles. The first-order chi connectivity index (χ1) is 6.77. The van der Waals surface area contributed by atoms with Crippen LogP contribution in [0.2, 0.25) is 0 Å². The van der Waals surface area contributed by atoms with Gasteiger partial charge in [0.2, 0.25) is 0 Å². The average Bonchev–Trinajstić information content (AvgIpc) is 2.20. The van der Waals surface area contributed by atoms with E-state index in [4.69, 9.17) is 11.6 Å². The number of carbonyl (C=O) groups excluding carboxylic acids is 1. The van der Waals surface area contributed by atoms with E-state index < -0.39 is 0 Å². The van der Waals surface area contributed by atoms with Gasteiger partial charge in [-0.2, -0.15) is 0 Å². The maximum absolute atomic E-state index is 11.4. The summed E-state index contributed by atoms with van der Waals surface area (Å²) in [6.07, 6.45) is 2.63. The normalized spacial score (nSPS) is 10.1. The Kier molecular flexibility index (Phi) is 4.68. The number of alkyl halides is 1. The molecule has 0 N–H and O–H groups in total. The fourth-order valence-electron chi connectivity index (χ4n) is 1.38.